The summed E-state index contributed by atoms with van der Waals surface area (Å²) in [6.07, 6.45) is 3.41. The van der Waals surface area contributed by atoms with Gasteiger partial charge >= 0.3 is 0 Å². The largest absolute Gasteiger partial charge is 0.361 e. The van der Waals surface area contributed by atoms with Gasteiger partial charge in [-0.3, -0.25) is 14.6 Å². The van der Waals surface area contributed by atoms with Crippen molar-refractivity contribution in [1.82, 2.24) is 14.9 Å². The summed E-state index contributed by atoms with van der Waals surface area (Å²) in [5.74, 6) is -1.38. The number of hydrogen-bond acceptors (Lipinski definition) is 3. The molecule has 31 heavy (non-hydrogen) atoms. The normalized spacial score (nSPS) is 11.8. The molecule has 6 nitrogen and oxygen atoms in total. The van der Waals surface area contributed by atoms with E-state index in [1.54, 1.807) is 37.6 Å². The molecule has 1 unspecified atom stereocenters. The lowest BCUT2D eigenvalue weighted by molar-refractivity contribution is 0.0739. The minimum absolute atomic E-state index is 0.138. The van der Waals surface area contributed by atoms with Crippen LogP contribution in [0.3, 0.4) is 0 Å². The van der Waals surface area contributed by atoms with Gasteiger partial charge in [0.15, 0.2) is 0 Å². The zero-order valence-corrected chi connectivity index (χ0v) is 17.1. The van der Waals surface area contributed by atoms with Crippen LogP contribution < -0.4 is 5.32 Å². The average molecular weight is 416 g/mol. The molecular weight excluding hydrogens is 395 g/mol. The van der Waals surface area contributed by atoms with Crippen molar-refractivity contribution in [2.75, 3.05) is 12.4 Å². The molecular formula is C24H21FN4O2. The van der Waals surface area contributed by atoms with E-state index in [0.717, 1.165) is 17.1 Å². The van der Waals surface area contributed by atoms with Crippen LogP contribution in [0.5, 0.6) is 0 Å². The average Bonchev–Trinajstić information content (AvgIpc) is 3.26. The molecule has 0 aliphatic carbocycles. The second-order valence-electron chi connectivity index (χ2n) is 7.28. The second-order valence-corrected chi connectivity index (χ2v) is 7.28. The third kappa shape index (κ3) is 4.16. The van der Waals surface area contributed by atoms with Gasteiger partial charge in [-0.1, -0.05) is 18.2 Å². The van der Waals surface area contributed by atoms with Crippen LogP contribution in [0.4, 0.5) is 10.1 Å². The summed E-state index contributed by atoms with van der Waals surface area (Å²) < 4.78 is 14.3. The Hall–Kier alpha value is -4.00. The summed E-state index contributed by atoms with van der Waals surface area (Å²) in [6.45, 7) is 1.85. The third-order valence-electron chi connectivity index (χ3n) is 5.25. The molecule has 2 amide bonds. The second kappa shape index (κ2) is 8.39. The molecule has 2 N–H and O–H groups in total. The van der Waals surface area contributed by atoms with E-state index in [4.69, 9.17) is 0 Å². The van der Waals surface area contributed by atoms with Gasteiger partial charge in [-0.25, -0.2) is 4.39 Å². The van der Waals surface area contributed by atoms with Crippen molar-refractivity contribution in [1.29, 1.82) is 0 Å². The fraction of sp³-hybridized carbons (Fsp3) is 0.125. The van der Waals surface area contributed by atoms with E-state index < -0.39 is 11.7 Å². The number of anilines is 1. The van der Waals surface area contributed by atoms with Crippen molar-refractivity contribution in [2.24, 2.45) is 0 Å². The molecule has 1 atom stereocenters. The van der Waals surface area contributed by atoms with Crippen molar-refractivity contribution >= 4 is 28.4 Å². The Morgan fingerprint density at radius 3 is 2.71 bits per heavy atom. The molecule has 0 bridgehead atoms. The van der Waals surface area contributed by atoms with Gasteiger partial charge in [0.25, 0.3) is 11.8 Å². The predicted molar refractivity (Wildman–Crippen MR) is 117 cm³/mol. The van der Waals surface area contributed by atoms with Crippen LogP contribution in [0, 0.1) is 5.82 Å². The van der Waals surface area contributed by atoms with Gasteiger partial charge in [-0.15, -0.1) is 0 Å². The van der Waals surface area contributed by atoms with Crippen LogP contribution >= 0.6 is 0 Å². The Kier molecular flexibility index (Phi) is 5.49. The summed E-state index contributed by atoms with van der Waals surface area (Å²) in [6, 6.07) is 16.2. The first-order chi connectivity index (χ1) is 14.9. The number of nitrogens with one attached hydrogen (secondary N) is 2. The molecule has 0 fully saturated rings. The van der Waals surface area contributed by atoms with Crippen LogP contribution in [0.25, 0.3) is 10.9 Å². The fourth-order valence-corrected chi connectivity index (χ4v) is 3.46. The summed E-state index contributed by atoms with van der Waals surface area (Å²) in [5, 5.41) is 3.59. The molecule has 156 valence electrons. The van der Waals surface area contributed by atoms with E-state index in [9.17, 15) is 14.0 Å². The van der Waals surface area contributed by atoms with Crippen molar-refractivity contribution in [2.45, 2.75) is 13.0 Å². The number of amides is 2. The zero-order chi connectivity index (χ0) is 22.0. The van der Waals surface area contributed by atoms with Crippen LogP contribution in [0.1, 0.15) is 39.4 Å². The molecule has 0 aliphatic rings. The Bertz CT molecular complexity index is 1250. The number of aromatic amines is 1. The van der Waals surface area contributed by atoms with Gasteiger partial charge in [0.05, 0.1) is 22.8 Å². The molecule has 4 rings (SSSR count). The smallest absolute Gasteiger partial charge is 0.257 e. The SMILES string of the molecule is CC(c1ccccn1)N(C)C(=O)c1cc(F)cc(NC(=O)c2cccc3cc[nH]c23)c1. The summed E-state index contributed by atoms with van der Waals surface area (Å²) in [7, 11) is 1.64. The van der Waals surface area contributed by atoms with E-state index in [1.807, 2.05) is 31.2 Å². The maximum absolute atomic E-state index is 14.3. The first-order valence-electron chi connectivity index (χ1n) is 9.80. The van der Waals surface area contributed by atoms with Gasteiger partial charge in [0.2, 0.25) is 0 Å². The number of carbonyl (C=O) groups excluding carboxylic acids is 2. The molecule has 2 aromatic carbocycles. The maximum atomic E-state index is 14.3. The van der Waals surface area contributed by atoms with Crippen molar-refractivity contribution in [3.63, 3.8) is 0 Å². The highest BCUT2D eigenvalue weighted by molar-refractivity contribution is 6.12. The summed E-state index contributed by atoms with van der Waals surface area (Å²) in [4.78, 5) is 34.6. The number of benzene rings is 2. The highest BCUT2D eigenvalue weighted by atomic mass is 19.1. The Morgan fingerprint density at radius 2 is 1.94 bits per heavy atom. The molecule has 0 aliphatic heterocycles. The van der Waals surface area contributed by atoms with E-state index >= 15 is 0 Å². The van der Waals surface area contributed by atoms with Gasteiger partial charge in [0.1, 0.15) is 5.82 Å². The molecule has 0 saturated heterocycles. The van der Waals surface area contributed by atoms with Crippen LogP contribution in [-0.2, 0) is 0 Å². The predicted octanol–water partition coefficient (Wildman–Crippen LogP) is 4.79. The molecule has 0 saturated carbocycles. The standard InChI is InChI=1S/C24H21FN4O2/c1-15(21-8-3-4-10-26-21)29(2)24(31)17-12-18(25)14-19(13-17)28-23(30)20-7-5-6-16-9-11-27-22(16)20/h3-15,27H,1-2H3,(H,28,30). The van der Waals surface area contributed by atoms with E-state index in [0.29, 0.717) is 11.1 Å². The van der Waals surface area contributed by atoms with E-state index in [1.165, 1.54) is 17.0 Å². The van der Waals surface area contributed by atoms with Gasteiger partial charge in [0, 0.05) is 36.1 Å². The van der Waals surface area contributed by atoms with Crippen molar-refractivity contribution in [3.8, 4) is 0 Å². The van der Waals surface area contributed by atoms with Gasteiger partial charge < -0.3 is 15.2 Å². The van der Waals surface area contributed by atoms with Crippen LogP contribution in [-0.4, -0.2) is 33.7 Å². The Labute approximate surface area is 178 Å². The number of aromatic nitrogens is 2. The fourth-order valence-electron chi connectivity index (χ4n) is 3.46. The van der Waals surface area contributed by atoms with Gasteiger partial charge in [-0.2, -0.15) is 0 Å². The topological polar surface area (TPSA) is 78.1 Å². The van der Waals surface area contributed by atoms with Gasteiger partial charge in [-0.05, 0) is 49.4 Å². The molecule has 7 heteroatoms. The molecule has 0 spiro atoms. The van der Waals surface area contributed by atoms with Crippen LogP contribution in [0.2, 0.25) is 0 Å². The first-order valence-corrected chi connectivity index (χ1v) is 9.80. The van der Waals surface area contributed by atoms with E-state index in [-0.39, 0.29) is 23.2 Å². The lowest BCUT2D eigenvalue weighted by Gasteiger charge is -2.24. The first kappa shape index (κ1) is 20.3. The molecule has 4 aromatic rings. The van der Waals surface area contributed by atoms with E-state index in [2.05, 4.69) is 15.3 Å². The molecule has 2 heterocycles. The summed E-state index contributed by atoms with van der Waals surface area (Å²) >= 11 is 0. The number of H-pyrrole nitrogens is 1. The monoisotopic (exact) mass is 416 g/mol. The number of hydrogen-bond donors (Lipinski definition) is 2. The third-order valence-corrected chi connectivity index (χ3v) is 5.25. The maximum Gasteiger partial charge on any atom is 0.257 e. The van der Waals surface area contributed by atoms with Crippen LogP contribution in [0.15, 0.2) is 73.1 Å². The quantitative estimate of drug-likeness (QED) is 0.491. The number of rotatable bonds is 5. The highest BCUT2D eigenvalue weighted by Gasteiger charge is 2.21. The highest BCUT2D eigenvalue weighted by Crippen LogP contribution is 2.23. The summed E-state index contributed by atoms with van der Waals surface area (Å²) in [5.41, 5.74) is 2.19. The lowest BCUT2D eigenvalue weighted by Crippen LogP contribution is -2.30. The minimum atomic E-state index is -0.613. The Morgan fingerprint density at radius 1 is 1.10 bits per heavy atom. The number of halogens is 1. The number of nitrogens with zero attached hydrogens (tertiary/aromatic N) is 2. The zero-order valence-electron chi connectivity index (χ0n) is 17.1. The molecule has 0 radical (unpaired) electrons. The number of fused-ring (bicyclic) bond motifs is 1. The lowest BCUT2D eigenvalue weighted by atomic mass is 10.1. The van der Waals surface area contributed by atoms with Crippen molar-refractivity contribution < 1.29 is 14.0 Å². The Balaban J connectivity index is 1.57. The molecule has 2 aromatic heterocycles. The minimum Gasteiger partial charge on any atom is -0.361 e. The number of pyridine rings is 1. The van der Waals surface area contributed by atoms with Crippen molar-refractivity contribution in [3.05, 3.63) is 95.7 Å². The number of para-hydroxylation sites is 1. The number of carbonyl (C=O) groups is 2.